The van der Waals surface area contributed by atoms with Gasteiger partial charge in [-0.2, -0.15) is 0 Å². The van der Waals surface area contributed by atoms with Crippen molar-refractivity contribution in [2.75, 3.05) is 20.2 Å². The molecule has 0 bridgehead atoms. The second-order valence-electron chi connectivity index (χ2n) is 7.43. The molecule has 1 aliphatic rings. The highest BCUT2D eigenvalue weighted by Crippen LogP contribution is 2.22. The van der Waals surface area contributed by atoms with Gasteiger partial charge in [0.2, 0.25) is 0 Å². The van der Waals surface area contributed by atoms with Gasteiger partial charge in [-0.05, 0) is 30.4 Å². The molecule has 1 N–H and O–H groups in total. The van der Waals surface area contributed by atoms with Gasteiger partial charge in [-0.1, -0.05) is 13.8 Å². The molecule has 2 amide bonds. The van der Waals surface area contributed by atoms with Crippen molar-refractivity contribution in [1.82, 2.24) is 24.8 Å². The maximum absolute atomic E-state index is 12.6. The number of rotatable bonds is 5. The first-order valence-electron chi connectivity index (χ1n) is 9.30. The van der Waals surface area contributed by atoms with Gasteiger partial charge in [-0.3, -0.25) is 0 Å². The number of fused-ring (bicyclic) bond motifs is 1. The van der Waals surface area contributed by atoms with Crippen LogP contribution in [0.3, 0.4) is 0 Å². The van der Waals surface area contributed by atoms with Gasteiger partial charge in [-0.15, -0.1) is 0 Å². The lowest BCUT2D eigenvalue weighted by Gasteiger charge is -2.24. The molecule has 8 nitrogen and oxygen atoms in total. The van der Waals surface area contributed by atoms with Gasteiger partial charge >= 0.3 is 12.0 Å². The summed E-state index contributed by atoms with van der Waals surface area (Å²) in [5.74, 6) is 0.862. The molecule has 0 saturated carbocycles. The number of amides is 2. The maximum Gasteiger partial charge on any atom is 0.328 e. The van der Waals surface area contributed by atoms with Crippen molar-refractivity contribution in [3.8, 4) is 0 Å². The fourth-order valence-corrected chi connectivity index (χ4v) is 3.54. The molecule has 1 fully saturated rings. The van der Waals surface area contributed by atoms with Gasteiger partial charge in [0.05, 0.1) is 7.11 Å². The van der Waals surface area contributed by atoms with Crippen LogP contribution in [0.15, 0.2) is 18.3 Å². The zero-order valence-corrected chi connectivity index (χ0v) is 16.3. The summed E-state index contributed by atoms with van der Waals surface area (Å²) in [5, 5.41) is 2.81. The minimum atomic E-state index is -0.632. The number of likely N-dealkylation sites (tertiary alicyclic amines) is 1. The third-order valence-electron chi connectivity index (χ3n) is 5.17. The van der Waals surface area contributed by atoms with E-state index in [1.807, 2.05) is 37.6 Å². The van der Waals surface area contributed by atoms with Crippen LogP contribution in [0.4, 0.5) is 4.79 Å². The van der Waals surface area contributed by atoms with Crippen molar-refractivity contribution < 1.29 is 14.3 Å². The van der Waals surface area contributed by atoms with E-state index in [0.29, 0.717) is 19.0 Å². The Morgan fingerprint density at radius 1 is 1.41 bits per heavy atom. The number of esters is 1. The number of pyridine rings is 1. The van der Waals surface area contributed by atoms with E-state index >= 15 is 0 Å². The number of nitrogens with one attached hydrogen (secondary N) is 1. The molecular weight excluding hydrogens is 346 g/mol. The normalized spacial score (nSPS) is 18.1. The first-order valence-corrected chi connectivity index (χ1v) is 9.30. The zero-order chi connectivity index (χ0) is 19.6. The van der Waals surface area contributed by atoms with Crippen LogP contribution in [-0.2, 0) is 23.0 Å². The molecule has 3 heterocycles. The van der Waals surface area contributed by atoms with Crippen LogP contribution < -0.4 is 5.32 Å². The number of aryl methyl sites for hydroxylation is 1. The van der Waals surface area contributed by atoms with Crippen LogP contribution in [0, 0.1) is 11.8 Å². The predicted molar refractivity (Wildman–Crippen MR) is 101 cm³/mol. The summed E-state index contributed by atoms with van der Waals surface area (Å²) in [7, 11) is 3.31. The van der Waals surface area contributed by atoms with Crippen molar-refractivity contribution in [2.24, 2.45) is 18.9 Å². The Kier molecular flexibility index (Phi) is 5.62. The van der Waals surface area contributed by atoms with Crippen molar-refractivity contribution in [3.63, 3.8) is 0 Å². The van der Waals surface area contributed by atoms with E-state index in [1.54, 1.807) is 11.1 Å². The van der Waals surface area contributed by atoms with E-state index in [1.165, 1.54) is 7.11 Å². The highest BCUT2D eigenvalue weighted by molar-refractivity contribution is 5.83. The van der Waals surface area contributed by atoms with E-state index in [-0.39, 0.29) is 11.9 Å². The van der Waals surface area contributed by atoms with Gasteiger partial charge in [0, 0.05) is 32.8 Å². The Labute approximate surface area is 158 Å². The summed E-state index contributed by atoms with van der Waals surface area (Å²) in [5.41, 5.74) is 1.76. The van der Waals surface area contributed by atoms with E-state index in [9.17, 15) is 9.59 Å². The fraction of sp³-hybridized carbons (Fsp3) is 0.579. The van der Waals surface area contributed by atoms with E-state index in [0.717, 1.165) is 29.8 Å². The molecule has 0 spiro atoms. The van der Waals surface area contributed by atoms with Crippen molar-refractivity contribution in [1.29, 1.82) is 0 Å². The summed E-state index contributed by atoms with van der Waals surface area (Å²) in [6.07, 6.45) is 3.47. The maximum atomic E-state index is 12.6. The summed E-state index contributed by atoms with van der Waals surface area (Å²) in [4.78, 5) is 35.2. The first kappa shape index (κ1) is 19.1. The molecule has 2 atom stereocenters. The zero-order valence-electron chi connectivity index (χ0n) is 16.3. The Hall–Kier alpha value is -2.64. The van der Waals surface area contributed by atoms with Gasteiger partial charge in [-0.25, -0.2) is 19.6 Å². The molecule has 0 radical (unpaired) electrons. The monoisotopic (exact) mass is 373 g/mol. The number of carbonyl (C=O) groups is 2. The lowest BCUT2D eigenvalue weighted by atomic mass is 10.0. The summed E-state index contributed by atoms with van der Waals surface area (Å²) in [6, 6.07) is 2.99. The number of nitrogens with zero attached hydrogens (tertiary/aromatic N) is 4. The summed E-state index contributed by atoms with van der Waals surface area (Å²) < 4.78 is 6.81. The number of hydrogen-bond acceptors (Lipinski definition) is 5. The third kappa shape index (κ3) is 4.04. The van der Waals surface area contributed by atoms with Crippen molar-refractivity contribution in [2.45, 2.75) is 32.7 Å². The Morgan fingerprint density at radius 2 is 2.19 bits per heavy atom. The van der Waals surface area contributed by atoms with Gasteiger partial charge in [0.1, 0.15) is 17.4 Å². The van der Waals surface area contributed by atoms with Crippen LogP contribution in [0.5, 0.6) is 0 Å². The molecule has 1 aliphatic heterocycles. The molecule has 2 aromatic rings. The number of carbonyl (C=O) groups excluding carboxylic acids is 2. The SMILES string of the molecule is COC(=O)[C@@H](NC(=O)N1CC[C@H](Cc2nc3cccnc3n2C)C1)C(C)C. The molecule has 0 aromatic carbocycles. The second kappa shape index (κ2) is 7.94. The Bertz CT molecular complexity index is 832. The number of aromatic nitrogens is 3. The topological polar surface area (TPSA) is 89.3 Å². The lowest BCUT2D eigenvalue weighted by molar-refractivity contribution is -0.144. The van der Waals surface area contributed by atoms with Crippen LogP contribution in [0.1, 0.15) is 26.1 Å². The Balaban J connectivity index is 1.61. The average Bonchev–Trinajstić information content (AvgIpc) is 3.24. The van der Waals surface area contributed by atoms with Gasteiger partial charge in [0.25, 0.3) is 0 Å². The third-order valence-corrected chi connectivity index (χ3v) is 5.17. The van der Waals surface area contributed by atoms with Gasteiger partial charge < -0.3 is 19.5 Å². The minimum absolute atomic E-state index is 0.0349. The highest BCUT2D eigenvalue weighted by Gasteiger charge is 2.31. The lowest BCUT2D eigenvalue weighted by Crippen LogP contribution is -2.50. The van der Waals surface area contributed by atoms with Crippen molar-refractivity contribution >= 4 is 23.2 Å². The summed E-state index contributed by atoms with van der Waals surface area (Å²) >= 11 is 0. The van der Waals surface area contributed by atoms with Crippen LogP contribution in [-0.4, -0.2) is 57.7 Å². The van der Waals surface area contributed by atoms with E-state index in [2.05, 4.69) is 15.3 Å². The predicted octanol–water partition coefficient (Wildman–Crippen LogP) is 1.74. The molecule has 3 rings (SSSR count). The van der Waals surface area contributed by atoms with Crippen LogP contribution in [0.25, 0.3) is 11.2 Å². The number of ether oxygens (including phenoxy) is 1. The number of hydrogen-bond donors (Lipinski definition) is 1. The first-order chi connectivity index (χ1) is 12.9. The molecule has 0 unspecified atom stereocenters. The van der Waals surface area contributed by atoms with E-state index < -0.39 is 12.0 Å². The standard InChI is InChI=1S/C19H27N5O3/c1-12(2)16(18(25)27-4)22-19(26)24-9-7-13(11-24)10-15-21-14-6-5-8-20-17(14)23(15)3/h5-6,8,12-13,16H,7,9-11H2,1-4H3,(H,22,26)/t13-,16+/m1/s1. The average molecular weight is 373 g/mol. The number of methoxy groups -OCH3 is 1. The molecule has 2 aromatic heterocycles. The fourth-order valence-electron chi connectivity index (χ4n) is 3.54. The van der Waals surface area contributed by atoms with E-state index in [4.69, 9.17) is 4.74 Å². The Morgan fingerprint density at radius 3 is 2.85 bits per heavy atom. The van der Waals surface area contributed by atoms with Crippen LogP contribution >= 0.6 is 0 Å². The largest absolute Gasteiger partial charge is 0.467 e. The second-order valence-corrected chi connectivity index (χ2v) is 7.43. The number of imidazole rings is 1. The van der Waals surface area contributed by atoms with Crippen LogP contribution in [0.2, 0.25) is 0 Å². The molecule has 146 valence electrons. The molecule has 27 heavy (non-hydrogen) atoms. The molecule has 1 saturated heterocycles. The number of urea groups is 1. The molecule has 8 heteroatoms. The highest BCUT2D eigenvalue weighted by atomic mass is 16.5. The molecular formula is C19H27N5O3. The van der Waals surface area contributed by atoms with Gasteiger partial charge in [0.15, 0.2) is 5.65 Å². The quantitative estimate of drug-likeness (QED) is 0.807. The smallest absolute Gasteiger partial charge is 0.328 e. The van der Waals surface area contributed by atoms with Crippen molar-refractivity contribution in [3.05, 3.63) is 24.2 Å². The molecule has 0 aliphatic carbocycles. The summed E-state index contributed by atoms with van der Waals surface area (Å²) in [6.45, 7) is 5.09. The minimum Gasteiger partial charge on any atom is -0.467 e.